The molecule has 2 N–H and O–H groups in total. The van der Waals surface area contributed by atoms with Gasteiger partial charge in [-0.25, -0.2) is 0 Å². The summed E-state index contributed by atoms with van der Waals surface area (Å²) in [6.07, 6.45) is 18.3. The molecule has 1 rings (SSSR count). The molecule has 0 saturated heterocycles. The summed E-state index contributed by atoms with van der Waals surface area (Å²) in [4.78, 5) is 0. The van der Waals surface area contributed by atoms with Crippen LogP contribution in [0, 0.1) is 5.92 Å². The van der Waals surface area contributed by atoms with Crippen LogP contribution < -0.4 is 4.74 Å². The van der Waals surface area contributed by atoms with E-state index in [9.17, 15) is 10.2 Å². The summed E-state index contributed by atoms with van der Waals surface area (Å²) >= 11 is 0. The Labute approximate surface area is 191 Å². The first-order valence-corrected chi connectivity index (χ1v) is 12.8. The number of aromatic hydroxyl groups is 1. The SMILES string of the molecule is CCCCCCCCCCCCCCC(CC)COCC(O)COc1cccc(O)c1. The number of ether oxygens (including phenoxy) is 2. The standard InChI is InChI=1S/C27H48O4/c1-3-5-6-7-8-9-10-11-12-13-14-15-17-24(4-2)21-30-22-26(29)23-31-27-19-16-18-25(28)20-27/h16,18-20,24,26,28-29H,3-15,17,21-23H2,1-2H3. The molecule has 0 radical (unpaired) electrons. The second-order valence-corrected chi connectivity index (χ2v) is 8.95. The molecule has 0 fully saturated rings. The van der Waals surface area contributed by atoms with Crippen molar-refractivity contribution in [3.63, 3.8) is 0 Å². The van der Waals surface area contributed by atoms with Crippen LogP contribution in [-0.2, 0) is 4.74 Å². The van der Waals surface area contributed by atoms with E-state index in [1.54, 1.807) is 18.2 Å². The average Bonchev–Trinajstić information content (AvgIpc) is 2.77. The van der Waals surface area contributed by atoms with Crippen molar-refractivity contribution in [1.82, 2.24) is 0 Å². The predicted molar refractivity (Wildman–Crippen MR) is 130 cm³/mol. The molecule has 1 aromatic carbocycles. The number of rotatable bonds is 21. The second kappa shape index (κ2) is 19.4. The lowest BCUT2D eigenvalue weighted by Crippen LogP contribution is -2.25. The fraction of sp³-hybridized carbons (Fsp3) is 0.778. The minimum absolute atomic E-state index is 0.159. The Balaban J connectivity index is 1.94. The van der Waals surface area contributed by atoms with Gasteiger partial charge in [-0.3, -0.25) is 0 Å². The van der Waals surface area contributed by atoms with Gasteiger partial charge in [0, 0.05) is 12.7 Å². The van der Waals surface area contributed by atoms with Gasteiger partial charge in [-0.05, 0) is 24.5 Å². The topological polar surface area (TPSA) is 58.9 Å². The Bertz CT molecular complexity index is 520. The number of aliphatic hydroxyl groups excluding tert-OH is 1. The molecule has 0 spiro atoms. The highest BCUT2D eigenvalue weighted by atomic mass is 16.5. The van der Waals surface area contributed by atoms with Gasteiger partial charge in [0.15, 0.2) is 0 Å². The lowest BCUT2D eigenvalue weighted by Gasteiger charge is -2.17. The van der Waals surface area contributed by atoms with Gasteiger partial charge in [-0.2, -0.15) is 0 Å². The van der Waals surface area contributed by atoms with Crippen LogP contribution in [0.1, 0.15) is 104 Å². The van der Waals surface area contributed by atoms with Crippen LogP contribution in [0.15, 0.2) is 24.3 Å². The van der Waals surface area contributed by atoms with E-state index in [4.69, 9.17) is 9.47 Å². The molecule has 0 amide bonds. The monoisotopic (exact) mass is 436 g/mol. The molecule has 2 atom stereocenters. The van der Waals surface area contributed by atoms with Gasteiger partial charge >= 0.3 is 0 Å². The molecule has 1 aromatic rings. The first-order chi connectivity index (χ1) is 15.2. The van der Waals surface area contributed by atoms with Gasteiger partial charge in [0.1, 0.15) is 24.2 Å². The van der Waals surface area contributed by atoms with Crippen LogP contribution in [0.25, 0.3) is 0 Å². The van der Waals surface area contributed by atoms with E-state index in [1.807, 2.05) is 0 Å². The molecule has 0 heterocycles. The molecule has 0 saturated carbocycles. The summed E-state index contributed by atoms with van der Waals surface area (Å²) in [6, 6.07) is 6.60. The number of unbranched alkanes of at least 4 members (excludes halogenated alkanes) is 11. The number of hydrogen-bond acceptors (Lipinski definition) is 4. The Morgan fingerprint density at radius 1 is 0.774 bits per heavy atom. The lowest BCUT2D eigenvalue weighted by atomic mass is 9.98. The maximum Gasteiger partial charge on any atom is 0.123 e. The summed E-state index contributed by atoms with van der Waals surface area (Å²) in [6.45, 7) is 5.65. The molecule has 0 aliphatic heterocycles. The third-order valence-electron chi connectivity index (χ3n) is 5.97. The molecule has 4 heteroatoms. The van der Waals surface area contributed by atoms with Gasteiger partial charge in [-0.1, -0.05) is 103 Å². The van der Waals surface area contributed by atoms with Crippen LogP contribution in [0.2, 0.25) is 0 Å². The predicted octanol–water partition coefficient (Wildman–Crippen LogP) is 7.27. The number of benzene rings is 1. The van der Waals surface area contributed by atoms with Crippen molar-refractivity contribution in [1.29, 1.82) is 0 Å². The summed E-state index contributed by atoms with van der Waals surface area (Å²) < 4.78 is 11.2. The fourth-order valence-corrected chi connectivity index (χ4v) is 3.86. The van der Waals surface area contributed by atoms with Crippen molar-refractivity contribution in [2.24, 2.45) is 5.92 Å². The Kier molecular flexibility index (Phi) is 17.4. The summed E-state index contributed by atoms with van der Waals surface area (Å²) in [7, 11) is 0. The first-order valence-electron chi connectivity index (χ1n) is 12.8. The van der Waals surface area contributed by atoms with Gasteiger partial charge in [0.25, 0.3) is 0 Å². The van der Waals surface area contributed by atoms with E-state index in [1.165, 1.54) is 89.5 Å². The van der Waals surface area contributed by atoms with Crippen molar-refractivity contribution >= 4 is 0 Å². The van der Waals surface area contributed by atoms with E-state index >= 15 is 0 Å². The van der Waals surface area contributed by atoms with Crippen molar-refractivity contribution in [3.8, 4) is 11.5 Å². The number of phenols is 1. The number of aliphatic hydroxyl groups is 1. The minimum Gasteiger partial charge on any atom is -0.508 e. The zero-order valence-electron chi connectivity index (χ0n) is 20.2. The molecule has 2 unspecified atom stereocenters. The average molecular weight is 437 g/mol. The summed E-state index contributed by atoms with van der Waals surface area (Å²) in [5.41, 5.74) is 0. The van der Waals surface area contributed by atoms with E-state index in [2.05, 4.69) is 13.8 Å². The summed E-state index contributed by atoms with van der Waals surface area (Å²) in [5, 5.41) is 19.5. The lowest BCUT2D eigenvalue weighted by molar-refractivity contribution is -0.00116. The minimum atomic E-state index is -0.661. The van der Waals surface area contributed by atoms with Crippen LogP contribution >= 0.6 is 0 Å². The Morgan fingerprint density at radius 3 is 1.97 bits per heavy atom. The zero-order chi connectivity index (χ0) is 22.6. The number of phenolic OH excluding ortho intramolecular Hbond substituents is 1. The fourth-order valence-electron chi connectivity index (χ4n) is 3.86. The maximum absolute atomic E-state index is 10.0. The molecule has 0 aliphatic rings. The van der Waals surface area contributed by atoms with E-state index in [0.717, 1.165) is 6.42 Å². The van der Waals surface area contributed by atoms with E-state index in [0.29, 0.717) is 18.3 Å². The molecule has 0 bridgehead atoms. The van der Waals surface area contributed by atoms with Crippen LogP contribution in [0.3, 0.4) is 0 Å². The summed E-state index contributed by atoms with van der Waals surface area (Å²) in [5.74, 6) is 1.28. The normalized spacial score (nSPS) is 13.3. The highest BCUT2D eigenvalue weighted by Crippen LogP contribution is 2.18. The molecule has 31 heavy (non-hydrogen) atoms. The molecule has 180 valence electrons. The van der Waals surface area contributed by atoms with Gasteiger partial charge < -0.3 is 19.7 Å². The zero-order valence-corrected chi connectivity index (χ0v) is 20.2. The van der Waals surface area contributed by atoms with Gasteiger partial charge in [0.05, 0.1) is 6.61 Å². The van der Waals surface area contributed by atoms with Gasteiger partial charge in [0.2, 0.25) is 0 Å². The highest BCUT2D eigenvalue weighted by molar-refractivity contribution is 5.31. The van der Waals surface area contributed by atoms with Crippen LogP contribution in [-0.4, -0.2) is 36.1 Å². The Morgan fingerprint density at radius 2 is 1.39 bits per heavy atom. The molecule has 4 nitrogen and oxygen atoms in total. The Hall–Kier alpha value is -1.26. The molecule has 0 aliphatic carbocycles. The highest BCUT2D eigenvalue weighted by Gasteiger charge is 2.10. The van der Waals surface area contributed by atoms with Crippen molar-refractivity contribution < 1.29 is 19.7 Å². The van der Waals surface area contributed by atoms with Crippen LogP contribution in [0.4, 0.5) is 0 Å². The quantitative estimate of drug-likeness (QED) is 0.199. The van der Waals surface area contributed by atoms with Crippen LogP contribution in [0.5, 0.6) is 11.5 Å². The molecule has 0 aromatic heterocycles. The van der Waals surface area contributed by atoms with Gasteiger partial charge in [-0.15, -0.1) is 0 Å². The molecular weight excluding hydrogens is 388 g/mol. The maximum atomic E-state index is 10.0. The van der Waals surface area contributed by atoms with Crippen molar-refractivity contribution in [2.45, 2.75) is 110 Å². The third kappa shape index (κ3) is 16.1. The smallest absolute Gasteiger partial charge is 0.123 e. The largest absolute Gasteiger partial charge is 0.508 e. The van der Waals surface area contributed by atoms with Crippen molar-refractivity contribution in [2.75, 3.05) is 19.8 Å². The van der Waals surface area contributed by atoms with E-state index < -0.39 is 6.10 Å². The van der Waals surface area contributed by atoms with E-state index in [-0.39, 0.29) is 19.0 Å². The van der Waals surface area contributed by atoms with Crippen molar-refractivity contribution in [3.05, 3.63) is 24.3 Å². The molecular formula is C27H48O4. The third-order valence-corrected chi connectivity index (χ3v) is 5.97. The number of hydrogen-bond donors (Lipinski definition) is 2. The first kappa shape index (κ1) is 27.8. The second-order valence-electron chi connectivity index (χ2n) is 8.95.